The van der Waals surface area contributed by atoms with Gasteiger partial charge in [0.1, 0.15) is 17.3 Å². The van der Waals surface area contributed by atoms with Crippen molar-refractivity contribution in [2.24, 2.45) is 0 Å². The highest BCUT2D eigenvalue weighted by molar-refractivity contribution is 9.10. The summed E-state index contributed by atoms with van der Waals surface area (Å²) in [4.78, 5) is 8.03. The van der Waals surface area contributed by atoms with Crippen LogP contribution in [0.15, 0.2) is 29.0 Å². The van der Waals surface area contributed by atoms with Gasteiger partial charge in [-0.1, -0.05) is 24.6 Å². The van der Waals surface area contributed by atoms with Crippen LogP contribution in [0.1, 0.15) is 12.5 Å². The fourth-order valence-corrected chi connectivity index (χ4v) is 2.26. The molecule has 0 saturated heterocycles. The molecule has 0 amide bonds. The molecular formula is C12H9BrClFN2. The van der Waals surface area contributed by atoms with E-state index < -0.39 is 0 Å². The van der Waals surface area contributed by atoms with Crippen LogP contribution in [0.3, 0.4) is 0 Å². The van der Waals surface area contributed by atoms with Crippen molar-refractivity contribution in [3.8, 4) is 11.3 Å². The first kappa shape index (κ1) is 12.5. The molecule has 2 nitrogen and oxygen atoms in total. The Hall–Kier alpha value is -1.000. The van der Waals surface area contributed by atoms with Gasteiger partial charge in [0.05, 0.1) is 10.2 Å². The standard InChI is InChI=1S/C12H9BrClFN2/c1-2-7-11(16-6-17-12(7)14)8-4-3-5-9(13)10(8)15/h3-6H,2H2,1H3. The van der Waals surface area contributed by atoms with Crippen molar-refractivity contribution in [1.29, 1.82) is 0 Å². The topological polar surface area (TPSA) is 25.8 Å². The van der Waals surface area contributed by atoms with Gasteiger partial charge in [-0.05, 0) is 34.5 Å². The van der Waals surface area contributed by atoms with E-state index in [1.807, 2.05) is 6.92 Å². The van der Waals surface area contributed by atoms with Crippen LogP contribution in [0.25, 0.3) is 11.3 Å². The summed E-state index contributed by atoms with van der Waals surface area (Å²) >= 11 is 9.14. The molecule has 88 valence electrons. The summed E-state index contributed by atoms with van der Waals surface area (Å²) in [6, 6.07) is 5.09. The molecule has 0 aliphatic rings. The van der Waals surface area contributed by atoms with E-state index in [9.17, 15) is 4.39 Å². The average molecular weight is 316 g/mol. The zero-order valence-corrected chi connectivity index (χ0v) is 11.4. The van der Waals surface area contributed by atoms with Crippen molar-refractivity contribution in [3.05, 3.63) is 45.5 Å². The second-order valence-electron chi connectivity index (χ2n) is 3.45. The van der Waals surface area contributed by atoms with E-state index in [4.69, 9.17) is 11.6 Å². The Morgan fingerprint density at radius 3 is 2.82 bits per heavy atom. The monoisotopic (exact) mass is 314 g/mol. The molecule has 0 spiro atoms. The number of hydrogen-bond donors (Lipinski definition) is 0. The van der Waals surface area contributed by atoms with Crippen LogP contribution >= 0.6 is 27.5 Å². The van der Waals surface area contributed by atoms with Gasteiger partial charge in [0.2, 0.25) is 0 Å². The molecule has 0 bridgehead atoms. The van der Waals surface area contributed by atoms with E-state index in [-0.39, 0.29) is 5.82 Å². The first-order valence-corrected chi connectivity index (χ1v) is 6.26. The first-order chi connectivity index (χ1) is 8.15. The van der Waals surface area contributed by atoms with Crippen LogP contribution in [0.2, 0.25) is 5.15 Å². The molecule has 1 aromatic carbocycles. The van der Waals surface area contributed by atoms with Crippen LogP contribution in [-0.4, -0.2) is 9.97 Å². The summed E-state index contributed by atoms with van der Waals surface area (Å²) in [7, 11) is 0. The highest BCUT2D eigenvalue weighted by Gasteiger charge is 2.15. The molecule has 0 N–H and O–H groups in total. The minimum absolute atomic E-state index is 0.336. The molecule has 0 saturated carbocycles. The third-order valence-corrected chi connectivity index (χ3v) is 3.39. The largest absolute Gasteiger partial charge is 0.236 e. The third-order valence-electron chi connectivity index (χ3n) is 2.45. The minimum Gasteiger partial charge on any atom is -0.236 e. The maximum Gasteiger partial charge on any atom is 0.146 e. The zero-order valence-electron chi connectivity index (χ0n) is 9.04. The number of halogens is 3. The van der Waals surface area contributed by atoms with E-state index in [1.54, 1.807) is 18.2 Å². The predicted octanol–water partition coefficient (Wildman–Crippen LogP) is 4.26. The molecule has 0 unspecified atom stereocenters. The van der Waals surface area contributed by atoms with E-state index in [0.717, 1.165) is 5.56 Å². The SMILES string of the molecule is CCc1c(Cl)ncnc1-c1cccc(Br)c1F. The van der Waals surface area contributed by atoms with Gasteiger partial charge in [0.25, 0.3) is 0 Å². The summed E-state index contributed by atoms with van der Waals surface area (Å²) in [5.74, 6) is -0.336. The summed E-state index contributed by atoms with van der Waals surface area (Å²) in [5, 5.41) is 0.372. The number of rotatable bonds is 2. The van der Waals surface area contributed by atoms with Gasteiger partial charge in [-0.15, -0.1) is 0 Å². The number of hydrogen-bond acceptors (Lipinski definition) is 2. The van der Waals surface area contributed by atoms with Crippen molar-refractivity contribution in [1.82, 2.24) is 9.97 Å². The maximum absolute atomic E-state index is 14.0. The lowest BCUT2D eigenvalue weighted by Gasteiger charge is -2.09. The second-order valence-corrected chi connectivity index (χ2v) is 4.66. The fourth-order valence-electron chi connectivity index (χ4n) is 1.62. The Labute approximate surface area is 112 Å². The second kappa shape index (κ2) is 5.10. The van der Waals surface area contributed by atoms with E-state index in [2.05, 4.69) is 25.9 Å². The highest BCUT2D eigenvalue weighted by atomic mass is 79.9. The number of aromatic nitrogens is 2. The van der Waals surface area contributed by atoms with Crippen LogP contribution in [-0.2, 0) is 6.42 Å². The predicted molar refractivity (Wildman–Crippen MR) is 69.5 cm³/mol. The zero-order chi connectivity index (χ0) is 12.4. The van der Waals surface area contributed by atoms with Gasteiger partial charge in [-0.2, -0.15) is 0 Å². The summed E-state index contributed by atoms with van der Waals surface area (Å²) in [5.41, 5.74) is 1.73. The van der Waals surface area contributed by atoms with Crippen LogP contribution in [0, 0.1) is 5.82 Å². The van der Waals surface area contributed by atoms with Crippen LogP contribution < -0.4 is 0 Å². The molecular weight excluding hydrogens is 307 g/mol. The maximum atomic E-state index is 14.0. The highest BCUT2D eigenvalue weighted by Crippen LogP contribution is 2.30. The summed E-state index contributed by atoms with van der Waals surface area (Å²) < 4.78 is 14.4. The molecule has 1 aromatic heterocycles. The third kappa shape index (κ3) is 2.33. The van der Waals surface area contributed by atoms with Gasteiger partial charge >= 0.3 is 0 Å². The lowest BCUT2D eigenvalue weighted by molar-refractivity contribution is 0.623. The Balaban J connectivity index is 2.68. The van der Waals surface area contributed by atoms with Gasteiger partial charge in [-0.3, -0.25) is 0 Å². The molecule has 2 aromatic rings. The van der Waals surface area contributed by atoms with Gasteiger partial charge < -0.3 is 0 Å². The van der Waals surface area contributed by atoms with Crippen molar-refractivity contribution in [2.45, 2.75) is 13.3 Å². The minimum atomic E-state index is -0.336. The van der Waals surface area contributed by atoms with Crippen molar-refractivity contribution < 1.29 is 4.39 Å². The van der Waals surface area contributed by atoms with Crippen molar-refractivity contribution >= 4 is 27.5 Å². The fraction of sp³-hybridized carbons (Fsp3) is 0.167. The molecule has 0 fully saturated rings. The molecule has 17 heavy (non-hydrogen) atoms. The smallest absolute Gasteiger partial charge is 0.146 e. The normalized spacial score (nSPS) is 10.6. The molecule has 1 heterocycles. The summed E-state index contributed by atoms with van der Waals surface area (Å²) in [6.07, 6.45) is 2.00. The Kier molecular flexibility index (Phi) is 3.74. The van der Waals surface area contributed by atoms with Crippen molar-refractivity contribution in [3.63, 3.8) is 0 Å². The van der Waals surface area contributed by atoms with Crippen LogP contribution in [0.4, 0.5) is 4.39 Å². The quantitative estimate of drug-likeness (QED) is 0.774. The van der Waals surface area contributed by atoms with E-state index in [1.165, 1.54) is 6.33 Å². The molecule has 0 aliphatic heterocycles. The molecule has 2 rings (SSSR count). The van der Waals surface area contributed by atoms with Gasteiger partial charge in [0.15, 0.2) is 0 Å². The van der Waals surface area contributed by atoms with Crippen molar-refractivity contribution in [2.75, 3.05) is 0 Å². The Morgan fingerprint density at radius 2 is 2.12 bits per heavy atom. The van der Waals surface area contributed by atoms with E-state index >= 15 is 0 Å². The molecule has 0 atom stereocenters. The molecule has 0 radical (unpaired) electrons. The average Bonchev–Trinajstić information content (AvgIpc) is 2.32. The Morgan fingerprint density at radius 1 is 1.35 bits per heavy atom. The van der Waals surface area contributed by atoms with Gasteiger partial charge in [-0.25, -0.2) is 14.4 Å². The Bertz CT molecular complexity index is 560. The molecule has 0 aliphatic carbocycles. The van der Waals surface area contributed by atoms with E-state index in [0.29, 0.717) is 27.3 Å². The number of benzene rings is 1. The lowest BCUT2D eigenvalue weighted by Crippen LogP contribution is -1.97. The summed E-state index contributed by atoms with van der Waals surface area (Å²) in [6.45, 7) is 1.93. The lowest BCUT2D eigenvalue weighted by atomic mass is 10.1. The number of nitrogens with zero attached hydrogens (tertiary/aromatic N) is 2. The van der Waals surface area contributed by atoms with Gasteiger partial charge in [0, 0.05) is 11.1 Å². The first-order valence-electron chi connectivity index (χ1n) is 5.09. The van der Waals surface area contributed by atoms with Crippen LogP contribution in [0.5, 0.6) is 0 Å². The molecule has 5 heteroatoms.